The minimum Gasteiger partial charge on any atom is -0.475 e. The zero-order chi connectivity index (χ0) is 20.8. The molecular formula is C17H24F3N3O3S. The van der Waals surface area contributed by atoms with Crippen LogP contribution in [0.3, 0.4) is 0 Å². The van der Waals surface area contributed by atoms with Gasteiger partial charge >= 0.3 is 12.1 Å². The van der Waals surface area contributed by atoms with Gasteiger partial charge in [-0.15, -0.1) is 11.3 Å². The van der Waals surface area contributed by atoms with Crippen molar-refractivity contribution in [1.29, 1.82) is 0 Å². The van der Waals surface area contributed by atoms with Crippen LogP contribution in [0.4, 0.5) is 13.2 Å². The number of carboxylic acid groups (broad SMARTS) is 1. The van der Waals surface area contributed by atoms with E-state index in [0.717, 1.165) is 38.4 Å². The minimum absolute atomic E-state index is 0.0355. The number of alkyl halides is 3. The summed E-state index contributed by atoms with van der Waals surface area (Å²) in [4.78, 5) is 29.4. The number of halogens is 3. The van der Waals surface area contributed by atoms with Gasteiger partial charge in [-0.3, -0.25) is 9.69 Å². The van der Waals surface area contributed by atoms with Gasteiger partial charge in [0.15, 0.2) is 0 Å². The molecule has 1 aromatic rings. The maximum atomic E-state index is 11.5. The predicted octanol–water partition coefficient (Wildman–Crippen LogP) is 2.90. The number of carbonyl (C=O) groups is 2. The van der Waals surface area contributed by atoms with Crippen molar-refractivity contribution in [3.8, 4) is 0 Å². The SMILES string of the molecule is C=CC(=O)N1CCN(Cc2csc(C(C)(C)C)n2)CC1.O=C(O)C(F)(F)F. The van der Waals surface area contributed by atoms with E-state index < -0.39 is 12.1 Å². The third kappa shape index (κ3) is 7.67. The molecule has 0 aliphatic carbocycles. The molecule has 0 unspecified atom stereocenters. The van der Waals surface area contributed by atoms with Gasteiger partial charge in [0, 0.05) is 43.5 Å². The van der Waals surface area contributed by atoms with Crippen LogP contribution in [-0.4, -0.2) is 64.1 Å². The smallest absolute Gasteiger partial charge is 0.475 e. The van der Waals surface area contributed by atoms with Crippen LogP contribution >= 0.6 is 11.3 Å². The van der Waals surface area contributed by atoms with Crippen molar-refractivity contribution in [2.45, 2.75) is 38.9 Å². The Labute approximate surface area is 160 Å². The number of thiazole rings is 1. The Kier molecular flexibility index (Phi) is 7.97. The first-order valence-corrected chi connectivity index (χ1v) is 9.11. The quantitative estimate of drug-likeness (QED) is 0.780. The normalized spacial score (nSPS) is 15.7. The molecule has 1 aliphatic rings. The highest BCUT2D eigenvalue weighted by atomic mass is 32.1. The number of amides is 1. The molecule has 1 amide bonds. The van der Waals surface area contributed by atoms with Gasteiger partial charge in [-0.05, 0) is 6.08 Å². The summed E-state index contributed by atoms with van der Waals surface area (Å²) in [7, 11) is 0. The van der Waals surface area contributed by atoms with E-state index in [9.17, 15) is 18.0 Å². The van der Waals surface area contributed by atoms with Gasteiger partial charge < -0.3 is 10.0 Å². The van der Waals surface area contributed by atoms with Crippen LogP contribution < -0.4 is 0 Å². The fourth-order valence-electron chi connectivity index (χ4n) is 2.21. The molecule has 0 saturated carbocycles. The Hall–Kier alpha value is -1.94. The number of piperazine rings is 1. The van der Waals surface area contributed by atoms with Crippen molar-refractivity contribution < 1.29 is 27.9 Å². The van der Waals surface area contributed by atoms with Crippen molar-refractivity contribution in [2.24, 2.45) is 0 Å². The van der Waals surface area contributed by atoms with Gasteiger partial charge in [0.05, 0.1) is 10.7 Å². The Morgan fingerprint density at radius 3 is 2.15 bits per heavy atom. The first-order valence-electron chi connectivity index (χ1n) is 8.23. The summed E-state index contributed by atoms with van der Waals surface area (Å²) in [5.41, 5.74) is 1.27. The molecule has 27 heavy (non-hydrogen) atoms. The highest BCUT2D eigenvalue weighted by Crippen LogP contribution is 2.26. The van der Waals surface area contributed by atoms with Crippen LogP contribution in [0.2, 0.25) is 0 Å². The molecule has 10 heteroatoms. The summed E-state index contributed by atoms with van der Waals surface area (Å²) in [6.07, 6.45) is -3.69. The fraction of sp³-hybridized carbons (Fsp3) is 0.588. The fourth-order valence-corrected chi connectivity index (χ4v) is 3.11. The number of aromatic nitrogens is 1. The summed E-state index contributed by atoms with van der Waals surface area (Å²) < 4.78 is 31.7. The molecule has 1 fully saturated rings. The highest BCUT2D eigenvalue weighted by Gasteiger charge is 2.38. The first kappa shape index (κ1) is 23.1. The zero-order valence-corrected chi connectivity index (χ0v) is 16.4. The lowest BCUT2D eigenvalue weighted by molar-refractivity contribution is -0.192. The maximum absolute atomic E-state index is 11.5. The molecule has 1 aliphatic heterocycles. The number of carbonyl (C=O) groups excluding carboxylic acids is 1. The summed E-state index contributed by atoms with van der Waals surface area (Å²) >= 11 is 1.74. The van der Waals surface area contributed by atoms with Crippen molar-refractivity contribution >= 4 is 23.2 Å². The van der Waals surface area contributed by atoms with E-state index in [0.29, 0.717) is 0 Å². The zero-order valence-electron chi connectivity index (χ0n) is 15.5. The monoisotopic (exact) mass is 407 g/mol. The van der Waals surface area contributed by atoms with Crippen LogP contribution in [0.5, 0.6) is 0 Å². The van der Waals surface area contributed by atoms with E-state index in [1.165, 1.54) is 11.1 Å². The molecule has 1 saturated heterocycles. The van der Waals surface area contributed by atoms with E-state index in [2.05, 4.69) is 37.6 Å². The molecular weight excluding hydrogens is 383 g/mol. The molecule has 0 bridgehead atoms. The van der Waals surface area contributed by atoms with Crippen LogP contribution in [0.15, 0.2) is 18.0 Å². The molecule has 0 aromatic carbocycles. The Morgan fingerprint density at radius 2 is 1.78 bits per heavy atom. The molecule has 0 atom stereocenters. The third-order valence-electron chi connectivity index (χ3n) is 3.68. The topological polar surface area (TPSA) is 73.7 Å². The molecule has 6 nitrogen and oxygen atoms in total. The number of hydrogen-bond donors (Lipinski definition) is 1. The Balaban J connectivity index is 0.000000445. The van der Waals surface area contributed by atoms with E-state index in [-0.39, 0.29) is 11.3 Å². The van der Waals surface area contributed by atoms with Crippen LogP contribution in [0.1, 0.15) is 31.5 Å². The van der Waals surface area contributed by atoms with Crippen molar-refractivity contribution in [1.82, 2.24) is 14.8 Å². The van der Waals surface area contributed by atoms with Gasteiger partial charge in [0.2, 0.25) is 5.91 Å². The largest absolute Gasteiger partial charge is 0.490 e. The lowest BCUT2D eigenvalue weighted by Gasteiger charge is -2.33. The van der Waals surface area contributed by atoms with Gasteiger partial charge in [0.25, 0.3) is 0 Å². The van der Waals surface area contributed by atoms with Crippen LogP contribution in [0, 0.1) is 0 Å². The van der Waals surface area contributed by atoms with Crippen molar-refractivity contribution in [2.75, 3.05) is 26.2 Å². The van der Waals surface area contributed by atoms with E-state index >= 15 is 0 Å². The average Bonchev–Trinajstić information content (AvgIpc) is 3.03. The van der Waals surface area contributed by atoms with E-state index in [1.54, 1.807) is 11.3 Å². The lowest BCUT2D eigenvalue weighted by Crippen LogP contribution is -2.47. The second-order valence-corrected chi connectivity index (χ2v) is 7.86. The molecule has 1 aromatic heterocycles. The van der Waals surface area contributed by atoms with E-state index in [4.69, 9.17) is 14.9 Å². The average molecular weight is 407 g/mol. The van der Waals surface area contributed by atoms with Gasteiger partial charge in [-0.25, -0.2) is 9.78 Å². The first-order chi connectivity index (χ1) is 12.3. The summed E-state index contributed by atoms with van der Waals surface area (Å²) in [5, 5.41) is 10.5. The van der Waals surface area contributed by atoms with Gasteiger partial charge in [-0.2, -0.15) is 13.2 Å². The molecule has 2 heterocycles. The summed E-state index contributed by atoms with van der Waals surface area (Å²) in [6, 6.07) is 0. The number of nitrogens with zero attached hydrogens (tertiary/aromatic N) is 3. The predicted molar refractivity (Wildman–Crippen MR) is 96.6 cm³/mol. The number of hydrogen-bond acceptors (Lipinski definition) is 5. The van der Waals surface area contributed by atoms with Crippen LogP contribution in [-0.2, 0) is 21.5 Å². The molecule has 0 radical (unpaired) electrons. The maximum Gasteiger partial charge on any atom is 0.490 e. The highest BCUT2D eigenvalue weighted by molar-refractivity contribution is 7.09. The minimum atomic E-state index is -5.08. The molecule has 2 rings (SSSR count). The number of rotatable bonds is 3. The molecule has 0 spiro atoms. The lowest BCUT2D eigenvalue weighted by atomic mass is 9.98. The third-order valence-corrected chi connectivity index (χ3v) is 5.00. The number of carboxylic acids is 1. The van der Waals surface area contributed by atoms with Crippen molar-refractivity contribution in [3.63, 3.8) is 0 Å². The second kappa shape index (κ2) is 9.32. The van der Waals surface area contributed by atoms with Gasteiger partial charge in [-0.1, -0.05) is 27.4 Å². The Bertz CT molecular complexity index is 660. The standard InChI is InChI=1S/C15H23N3OS.C2HF3O2/c1-5-13(19)18-8-6-17(7-9-18)10-12-11-20-14(16-12)15(2,3)4;3-2(4,5)1(6)7/h5,11H,1,6-10H2,2-4H3;(H,6,7). The van der Waals surface area contributed by atoms with E-state index in [1.807, 2.05) is 4.90 Å². The molecule has 1 N–H and O–H groups in total. The van der Waals surface area contributed by atoms with Crippen LogP contribution in [0.25, 0.3) is 0 Å². The van der Waals surface area contributed by atoms with Gasteiger partial charge in [0.1, 0.15) is 0 Å². The molecule has 152 valence electrons. The van der Waals surface area contributed by atoms with Crippen molar-refractivity contribution in [3.05, 3.63) is 28.7 Å². The second-order valence-electron chi connectivity index (χ2n) is 7.00. The summed E-state index contributed by atoms with van der Waals surface area (Å²) in [5.74, 6) is -2.72. The number of aliphatic carboxylic acids is 1. The Morgan fingerprint density at radius 1 is 1.26 bits per heavy atom. The summed E-state index contributed by atoms with van der Waals surface area (Å²) in [6.45, 7) is 14.3.